The van der Waals surface area contributed by atoms with Crippen LogP contribution in [0, 0.1) is 0 Å². The molecule has 1 aliphatic rings. The van der Waals surface area contributed by atoms with Crippen molar-refractivity contribution in [2.24, 2.45) is 0 Å². The van der Waals surface area contributed by atoms with Gasteiger partial charge in [-0.3, -0.25) is 4.79 Å². The highest BCUT2D eigenvalue weighted by Crippen LogP contribution is 2.12. The van der Waals surface area contributed by atoms with Crippen LogP contribution < -0.4 is 0 Å². The molecule has 0 aliphatic carbocycles. The van der Waals surface area contributed by atoms with E-state index in [2.05, 4.69) is 12.6 Å². The van der Waals surface area contributed by atoms with Crippen LogP contribution in [0.4, 0.5) is 4.79 Å². The van der Waals surface area contributed by atoms with E-state index in [4.69, 9.17) is 4.74 Å². The topological polar surface area (TPSA) is 49.9 Å². The van der Waals surface area contributed by atoms with Gasteiger partial charge in [0.2, 0.25) is 5.91 Å². The zero-order chi connectivity index (χ0) is 13.8. The van der Waals surface area contributed by atoms with Crippen molar-refractivity contribution >= 4 is 24.6 Å². The smallest absolute Gasteiger partial charge is 0.410 e. The monoisotopic (exact) mass is 274 g/mol. The fourth-order valence-corrected chi connectivity index (χ4v) is 1.91. The Morgan fingerprint density at radius 2 is 1.61 bits per heavy atom. The first kappa shape index (κ1) is 15.1. The zero-order valence-electron chi connectivity index (χ0n) is 11.3. The van der Waals surface area contributed by atoms with E-state index in [9.17, 15) is 9.59 Å². The van der Waals surface area contributed by atoms with Gasteiger partial charge in [0.15, 0.2) is 0 Å². The first-order valence-corrected chi connectivity index (χ1v) is 6.83. The fourth-order valence-electron chi connectivity index (χ4n) is 1.72. The molecule has 1 rings (SSSR count). The lowest BCUT2D eigenvalue weighted by Crippen LogP contribution is -2.51. The van der Waals surface area contributed by atoms with Gasteiger partial charge in [0, 0.05) is 32.6 Å². The molecule has 104 valence electrons. The summed E-state index contributed by atoms with van der Waals surface area (Å²) < 4.78 is 5.29. The molecule has 2 amide bonds. The molecule has 18 heavy (non-hydrogen) atoms. The molecule has 0 aromatic rings. The number of hydrogen-bond donors (Lipinski definition) is 1. The van der Waals surface area contributed by atoms with Gasteiger partial charge in [0.1, 0.15) is 5.60 Å². The van der Waals surface area contributed by atoms with E-state index in [1.54, 1.807) is 9.80 Å². The minimum absolute atomic E-state index is 0.105. The van der Waals surface area contributed by atoms with Crippen LogP contribution in [0.2, 0.25) is 0 Å². The Morgan fingerprint density at radius 3 is 2.06 bits per heavy atom. The normalized spacial score (nSPS) is 16.7. The Balaban J connectivity index is 2.39. The SMILES string of the molecule is CC(C)(C)OC(=O)N1CCN(C(=O)CCS)CC1. The average molecular weight is 274 g/mol. The molecule has 6 heteroatoms. The summed E-state index contributed by atoms with van der Waals surface area (Å²) >= 11 is 4.04. The highest BCUT2D eigenvalue weighted by Gasteiger charge is 2.27. The van der Waals surface area contributed by atoms with Crippen LogP contribution in [-0.4, -0.2) is 59.3 Å². The predicted molar refractivity (Wildman–Crippen MR) is 72.9 cm³/mol. The van der Waals surface area contributed by atoms with Crippen molar-refractivity contribution in [1.82, 2.24) is 9.80 Å². The Labute approximate surface area is 114 Å². The number of thiol groups is 1. The summed E-state index contributed by atoms with van der Waals surface area (Å²) in [4.78, 5) is 26.9. The Bertz CT molecular complexity index is 307. The van der Waals surface area contributed by atoms with E-state index < -0.39 is 5.60 Å². The van der Waals surface area contributed by atoms with Crippen molar-refractivity contribution in [3.05, 3.63) is 0 Å². The lowest BCUT2D eigenvalue weighted by Gasteiger charge is -2.35. The molecular weight excluding hydrogens is 252 g/mol. The molecular formula is C12H22N2O3S. The van der Waals surface area contributed by atoms with E-state index in [1.807, 2.05) is 20.8 Å². The maximum absolute atomic E-state index is 11.8. The second-order valence-electron chi connectivity index (χ2n) is 5.32. The number of amides is 2. The largest absolute Gasteiger partial charge is 0.444 e. The highest BCUT2D eigenvalue weighted by molar-refractivity contribution is 7.80. The fraction of sp³-hybridized carbons (Fsp3) is 0.833. The summed E-state index contributed by atoms with van der Waals surface area (Å²) in [6.45, 7) is 7.75. The molecule has 5 nitrogen and oxygen atoms in total. The van der Waals surface area contributed by atoms with E-state index in [0.29, 0.717) is 38.4 Å². The number of ether oxygens (including phenoxy) is 1. The van der Waals surface area contributed by atoms with Crippen LogP contribution in [0.15, 0.2) is 0 Å². The van der Waals surface area contributed by atoms with Crippen molar-refractivity contribution in [2.75, 3.05) is 31.9 Å². The van der Waals surface area contributed by atoms with Crippen LogP contribution >= 0.6 is 12.6 Å². The quantitative estimate of drug-likeness (QED) is 0.774. The summed E-state index contributed by atoms with van der Waals surface area (Å²) in [6, 6.07) is 0. The van der Waals surface area contributed by atoms with Crippen LogP contribution in [0.5, 0.6) is 0 Å². The van der Waals surface area contributed by atoms with Gasteiger partial charge in [-0.1, -0.05) is 0 Å². The summed E-state index contributed by atoms with van der Waals surface area (Å²) in [7, 11) is 0. The van der Waals surface area contributed by atoms with Gasteiger partial charge in [0.05, 0.1) is 0 Å². The average Bonchev–Trinajstić information content (AvgIpc) is 2.27. The maximum atomic E-state index is 11.8. The number of hydrogen-bond acceptors (Lipinski definition) is 4. The van der Waals surface area contributed by atoms with Gasteiger partial charge in [-0.25, -0.2) is 4.79 Å². The minimum Gasteiger partial charge on any atom is -0.444 e. The van der Waals surface area contributed by atoms with Gasteiger partial charge in [-0.15, -0.1) is 0 Å². The Kier molecular flexibility index (Phi) is 5.31. The van der Waals surface area contributed by atoms with Crippen LogP contribution in [0.3, 0.4) is 0 Å². The minimum atomic E-state index is -0.476. The number of piperazine rings is 1. The van der Waals surface area contributed by atoms with Gasteiger partial charge in [-0.2, -0.15) is 12.6 Å². The molecule has 1 fully saturated rings. The van der Waals surface area contributed by atoms with E-state index in [1.165, 1.54) is 0 Å². The predicted octanol–water partition coefficient (Wildman–Crippen LogP) is 1.39. The van der Waals surface area contributed by atoms with Gasteiger partial charge >= 0.3 is 6.09 Å². The lowest BCUT2D eigenvalue weighted by molar-refractivity contribution is -0.132. The molecule has 0 unspecified atom stereocenters. The van der Waals surface area contributed by atoms with Crippen LogP contribution in [-0.2, 0) is 9.53 Å². The highest BCUT2D eigenvalue weighted by atomic mass is 32.1. The third-order valence-corrected chi connectivity index (χ3v) is 2.83. The molecule has 0 saturated carbocycles. The summed E-state index contributed by atoms with van der Waals surface area (Å²) in [5, 5.41) is 0. The molecule has 0 bridgehead atoms. The standard InChI is InChI=1S/C12H22N2O3S/c1-12(2,3)17-11(16)14-7-5-13(6-8-14)10(15)4-9-18/h18H,4-9H2,1-3H3. The molecule has 0 radical (unpaired) electrons. The Morgan fingerprint density at radius 1 is 1.11 bits per heavy atom. The maximum Gasteiger partial charge on any atom is 0.410 e. The van der Waals surface area contributed by atoms with E-state index in [-0.39, 0.29) is 12.0 Å². The van der Waals surface area contributed by atoms with Crippen molar-refractivity contribution in [3.63, 3.8) is 0 Å². The zero-order valence-corrected chi connectivity index (χ0v) is 12.2. The van der Waals surface area contributed by atoms with E-state index >= 15 is 0 Å². The molecule has 1 saturated heterocycles. The molecule has 1 aliphatic heterocycles. The number of nitrogens with zero attached hydrogens (tertiary/aromatic N) is 2. The molecule has 0 spiro atoms. The molecule has 1 heterocycles. The van der Waals surface area contributed by atoms with Gasteiger partial charge < -0.3 is 14.5 Å². The first-order chi connectivity index (χ1) is 8.33. The molecule has 0 atom stereocenters. The van der Waals surface area contributed by atoms with Crippen molar-refractivity contribution < 1.29 is 14.3 Å². The van der Waals surface area contributed by atoms with Crippen molar-refractivity contribution in [1.29, 1.82) is 0 Å². The third kappa shape index (κ3) is 4.76. The van der Waals surface area contributed by atoms with Crippen LogP contribution in [0.1, 0.15) is 27.2 Å². The van der Waals surface area contributed by atoms with Crippen molar-refractivity contribution in [3.8, 4) is 0 Å². The lowest BCUT2D eigenvalue weighted by atomic mass is 10.2. The third-order valence-electron chi connectivity index (χ3n) is 2.61. The van der Waals surface area contributed by atoms with Gasteiger partial charge in [-0.05, 0) is 26.5 Å². The van der Waals surface area contributed by atoms with E-state index in [0.717, 1.165) is 0 Å². The molecule has 0 aromatic heterocycles. The van der Waals surface area contributed by atoms with Gasteiger partial charge in [0.25, 0.3) is 0 Å². The number of rotatable bonds is 2. The molecule has 0 N–H and O–H groups in total. The van der Waals surface area contributed by atoms with Crippen molar-refractivity contribution in [2.45, 2.75) is 32.8 Å². The number of carbonyl (C=O) groups is 2. The second kappa shape index (κ2) is 6.31. The number of carbonyl (C=O) groups excluding carboxylic acids is 2. The molecule has 0 aromatic carbocycles. The van der Waals surface area contributed by atoms with Crippen LogP contribution in [0.25, 0.3) is 0 Å². The Hall–Kier alpha value is -0.910. The second-order valence-corrected chi connectivity index (χ2v) is 5.77. The summed E-state index contributed by atoms with van der Waals surface area (Å²) in [5.41, 5.74) is -0.476. The summed E-state index contributed by atoms with van der Waals surface area (Å²) in [5.74, 6) is 0.666. The summed E-state index contributed by atoms with van der Waals surface area (Å²) in [6.07, 6.45) is 0.152. The first-order valence-electron chi connectivity index (χ1n) is 6.20.